The summed E-state index contributed by atoms with van der Waals surface area (Å²) in [7, 11) is 0. The minimum atomic E-state index is -0.0730. The lowest BCUT2D eigenvalue weighted by Gasteiger charge is -2.24. The highest BCUT2D eigenvalue weighted by Crippen LogP contribution is 2.30. The van der Waals surface area contributed by atoms with Crippen molar-refractivity contribution >= 4 is 0 Å². The van der Waals surface area contributed by atoms with Gasteiger partial charge in [-0.3, -0.25) is 0 Å². The Morgan fingerprint density at radius 2 is 2.29 bits per heavy atom. The first-order chi connectivity index (χ1) is 6.90. The Balaban J connectivity index is 1.73. The maximum atomic E-state index is 8.91. The van der Waals surface area contributed by atoms with Crippen LogP contribution in [0.25, 0.3) is 0 Å². The number of tetrazole rings is 1. The average molecular weight is 196 g/mol. The molecule has 1 aromatic rings. The molecule has 0 aliphatic heterocycles. The second kappa shape index (κ2) is 4.50. The predicted octanol–water partition coefficient (Wildman–Crippen LogP) is 0.746. The molecule has 0 unspecified atom stereocenters. The van der Waals surface area contributed by atoms with Crippen LogP contribution in [-0.4, -0.2) is 25.3 Å². The average Bonchev–Trinajstić information content (AvgIpc) is 2.56. The van der Waals surface area contributed by atoms with Gasteiger partial charge >= 0.3 is 0 Å². The van der Waals surface area contributed by atoms with E-state index in [9.17, 15) is 0 Å². The van der Waals surface area contributed by atoms with E-state index in [1.807, 2.05) is 0 Å². The molecule has 0 bridgehead atoms. The molecule has 78 valence electrons. The monoisotopic (exact) mass is 196 g/mol. The Hall–Kier alpha value is -0.970. The summed E-state index contributed by atoms with van der Waals surface area (Å²) < 4.78 is 1.69. The number of rotatable bonds is 5. The minimum absolute atomic E-state index is 0.0730. The molecule has 5 nitrogen and oxygen atoms in total. The Bertz CT molecular complexity index is 282. The van der Waals surface area contributed by atoms with E-state index in [0.29, 0.717) is 5.82 Å². The zero-order chi connectivity index (χ0) is 9.80. The van der Waals surface area contributed by atoms with E-state index in [-0.39, 0.29) is 6.61 Å². The lowest BCUT2D eigenvalue weighted by molar-refractivity contribution is 0.255. The number of aliphatic hydroxyl groups is 1. The maximum absolute atomic E-state index is 8.91. The summed E-state index contributed by atoms with van der Waals surface area (Å²) in [6, 6.07) is 0. The molecule has 1 fully saturated rings. The van der Waals surface area contributed by atoms with Gasteiger partial charge in [0.05, 0.1) is 0 Å². The van der Waals surface area contributed by atoms with Gasteiger partial charge in [-0.25, -0.2) is 4.68 Å². The van der Waals surface area contributed by atoms with Crippen LogP contribution < -0.4 is 0 Å². The molecule has 2 rings (SSSR count). The second-order valence-electron chi connectivity index (χ2n) is 3.92. The number of aryl methyl sites for hydroxylation is 1. The van der Waals surface area contributed by atoms with E-state index >= 15 is 0 Å². The van der Waals surface area contributed by atoms with Crippen molar-refractivity contribution < 1.29 is 5.11 Å². The molecule has 1 heterocycles. The fourth-order valence-electron chi connectivity index (χ4n) is 1.82. The van der Waals surface area contributed by atoms with E-state index in [2.05, 4.69) is 15.5 Å². The van der Waals surface area contributed by atoms with E-state index in [1.165, 1.54) is 25.7 Å². The molecule has 0 aromatic carbocycles. The van der Waals surface area contributed by atoms with Gasteiger partial charge in [0.2, 0.25) is 0 Å². The molecular formula is C9H16N4O. The molecule has 1 aliphatic rings. The van der Waals surface area contributed by atoms with Gasteiger partial charge in [-0.05, 0) is 29.2 Å². The van der Waals surface area contributed by atoms with Crippen molar-refractivity contribution in [1.29, 1.82) is 0 Å². The summed E-state index contributed by atoms with van der Waals surface area (Å²) in [5.41, 5.74) is 0. The summed E-state index contributed by atoms with van der Waals surface area (Å²) in [5.74, 6) is 1.50. The molecule has 0 amide bonds. The summed E-state index contributed by atoms with van der Waals surface area (Å²) in [4.78, 5) is 0. The highest BCUT2D eigenvalue weighted by molar-refractivity contribution is 4.76. The molecular weight excluding hydrogens is 180 g/mol. The van der Waals surface area contributed by atoms with Crippen LogP contribution in [0.4, 0.5) is 0 Å². The zero-order valence-electron chi connectivity index (χ0n) is 8.26. The summed E-state index contributed by atoms with van der Waals surface area (Å²) >= 11 is 0. The Morgan fingerprint density at radius 3 is 2.93 bits per heavy atom. The standard InChI is InChI=1S/C9H16N4O/c14-7-9-10-11-12-13(9)6-2-5-8-3-1-4-8/h8,14H,1-7H2. The topological polar surface area (TPSA) is 63.8 Å². The molecule has 1 aliphatic carbocycles. The second-order valence-corrected chi connectivity index (χ2v) is 3.92. The quantitative estimate of drug-likeness (QED) is 0.754. The molecule has 1 saturated carbocycles. The van der Waals surface area contributed by atoms with Crippen molar-refractivity contribution in [3.8, 4) is 0 Å². The van der Waals surface area contributed by atoms with Crippen molar-refractivity contribution in [2.24, 2.45) is 5.92 Å². The van der Waals surface area contributed by atoms with Crippen LogP contribution in [0, 0.1) is 5.92 Å². The third kappa shape index (κ3) is 2.09. The molecule has 5 heteroatoms. The number of hydrogen-bond acceptors (Lipinski definition) is 4. The fraction of sp³-hybridized carbons (Fsp3) is 0.889. The molecule has 1 N–H and O–H groups in total. The Kier molecular flexibility index (Phi) is 3.08. The lowest BCUT2D eigenvalue weighted by Crippen LogP contribution is -2.13. The smallest absolute Gasteiger partial charge is 0.176 e. The number of aliphatic hydroxyl groups excluding tert-OH is 1. The highest BCUT2D eigenvalue weighted by atomic mass is 16.3. The van der Waals surface area contributed by atoms with Gasteiger partial charge in [0, 0.05) is 6.54 Å². The maximum Gasteiger partial charge on any atom is 0.176 e. The van der Waals surface area contributed by atoms with Crippen LogP contribution in [0.5, 0.6) is 0 Å². The fourth-order valence-corrected chi connectivity index (χ4v) is 1.82. The van der Waals surface area contributed by atoms with E-state index < -0.39 is 0 Å². The third-order valence-corrected chi connectivity index (χ3v) is 2.95. The molecule has 0 spiro atoms. The van der Waals surface area contributed by atoms with E-state index in [1.54, 1.807) is 4.68 Å². The first-order valence-corrected chi connectivity index (χ1v) is 5.26. The van der Waals surface area contributed by atoms with Gasteiger partial charge in [0.1, 0.15) is 6.61 Å². The first-order valence-electron chi connectivity index (χ1n) is 5.26. The van der Waals surface area contributed by atoms with Crippen LogP contribution in [0.2, 0.25) is 0 Å². The van der Waals surface area contributed by atoms with Crippen LogP contribution >= 0.6 is 0 Å². The van der Waals surface area contributed by atoms with Crippen LogP contribution in [-0.2, 0) is 13.2 Å². The first kappa shape index (κ1) is 9.58. The lowest BCUT2D eigenvalue weighted by atomic mass is 9.82. The zero-order valence-corrected chi connectivity index (χ0v) is 8.26. The van der Waals surface area contributed by atoms with Gasteiger partial charge in [-0.15, -0.1) is 5.10 Å². The van der Waals surface area contributed by atoms with Gasteiger partial charge in [-0.1, -0.05) is 19.3 Å². The van der Waals surface area contributed by atoms with E-state index in [0.717, 1.165) is 18.9 Å². The van der Waals surface area contributed by atoms with Crippen LogP contribution in [0.15, 0.2) is 0 Å². The van der Waals surface area contributed by atoms with Crippen molar-refractivity contribution in [2.75, 3.05) is 0 Å². The SMILES string of the molecule is OCc1nnnn1CCCC1CCC1. The van der Waals surface area contributed by atoms with Gasteiger partial charge < -0.3 is 5.11 Å². The van der Waals surface area contributed by atoms with Crippen LogP contribution in [0.1, 0.15) is 37.9 Å². The molecule has 0 atom stereocenters. The van der Waals surface area contributed by atoms with Crippen LogP contribution in [0.3, 0.4) is 0 Å². The number of nitrogens with zero attached hydrogens (tertiary/aromatic N) is 4. The predicted molar refractivity (Wildman–Crippen MR) is 50.3 cm³/mol. The van der Waals surface area contributed by atoms with Crippen molar-refractivity contribution in [1.82, 2.24) is 20.2 Å². The van der Waals surface area contributed by atoms with Crippen molar-refractivity contribution in [2.45, 2.75) is 45.3 Å². The molecule has 14 heavy (non-hydrogen) atoms. The normalized spacial score (nSPS) is 16.9. The largest absolute Gasteiger partial charge is 0.388 e. The molecule has 0 radical (unpaired) electrons. The summed E-state index contributed by atoms with van der Waals surface area (Å²) in [5, 5.41) is 20.0. The third-order valence-electron chi connectivity index (χ3n) is 2.95. The Morgan fingerprint density at radius 1 is 1.43 bits per heavy atom. The van der Waals surface area contributed by atoms with Crippen molar-refractivity contribution in [3.63, 3.8) is 0 Å². The van der Waals surface area contributed by atoms with Crippen molar-refractivity contribution in [3.05, 3.63) is 5.82 Å². The van der Waals surface area contributed by atoms with Gasteiger partial charge in [-0.2, -0.15) is 0 Å². The van der Waals surface area contributed by atoms with Gasteiger partial charge in [0.15, 0.2) is 5.82 Å². The number of hydrogen-bond donors (Lipinski definition) is 1. The summed E-state index contributed by atoms with van der Waals surface area (Å²) in [6.07, 6.45) is 6.57. The molecule has 1 aromatic heterocycles. The minimum Gasteiger partial charge on any atom is -0.388 e. The highest BCUT2D eigenvalue weighted by Gasteiger charge is 2.16. The number of aromatic nitrogens is 4. The molecule has 0 saturated heterocycles. The Labute approximate surface area is 83.1 Å². The van der Waals surface area contributed by atoms with Gasteiger partial charge in [0.25, 0.3) is 0 Å². The van der Waals surface area contributed by atoms with E-state index in [4.69, 9.17) is 5.11 Å². The summed E-state index contributed by atoms with van der Waals surface area (Å²) in [6.45, 7) is 0.760.